The largest absolute Gasteiger partial charge is 0.489 e. The molecule has 0 aliphatic rings. The van der Waals surface area contributed by atoms with Crippen molar-refractivity contribution >= 4 is 23.2 Å². The average Bonchev–Trinajstić information content (AvgIpc) is 2.66. The van der Waals surface area contributed by atoms with Crippen molar-refractivity contribution in [3.05, 3.63) is 59.1 Å². The summed E-state index contributed by atoms with van der Waals surface area (Å²) in [5.41, 5.74) is -1.21. The second-order valence-corrected chi connectivity index (χ2v) is 6.72. The molecule has 9 heteroatoms. The van der Waals surface area contributed by atoms with Crippen molar-refractivity contribution in [2.45, 2.75) is 19.2 Å². The minimum Gasteiger partial charge on any atom is -0.489 e. The van der Waals surface area contributed by atoms with Crippen molar-refractivity contribution in [1.29, 1.82) is 0 Å². The van der Waals surface area contributed by atoms with Crippen LogP contribution in [0, 0.1) is 0 Å². The summed E-state index contributed by atoms with van der Waals surface area (Å²) in [4.78, 5) is 13.8. The number of likely N-dealkylation sites (N-methyl/N-ethyl adjacent to an activating group) is 1. The quantitative estimate of drug-likeness (QED) is 0.630. The van der Waals surface area contributed by atoms with E-state index in [1.54, 1.807) is 36.1 Å². The molecule has 0 saturated heterocycles. The van der Waals surface area contributed by atoms with Crippen LogP contribution in [0.4, 0.5) is 18.9 Å². The molecule has 0 aromatic heterocycles. The van der Waals surface area contributed by atoms with Gasteiger partial charge in [-0.3, -0.25) is 9.69 Å². The zero-order valence-electron chi connectivity index (χ0n) is 15.7. The maximum Gasteiger partial charge on any atom is 0.418 e. The number of amides is 1. The van der Waals surface area contributed by atoms with E-state index in [2.05, 4.69) is 5.32 Å². The van der Waals surface area contributed by atoms with E-state index in [4.69, 9.17) is 16.3 Å². The first-order valence-electron chi connectivity index (χ1n) is 8.94. The van der Waals surface area contributed by atoms with Crippen molar-refractivity contribution < 1.29 is 27.8 Å². The van der Waals surface area contributed by atoms with Crippen molar-refractivity contribution in [2.24, 2.45) is 0 Å². The fourth-order valence-electron chi connectivity index (χ4n) is 2.64. The number of alkyl halides is 3. The molecule has 2 N–H and O–H groups in total. The summed E-state index contributed by atoms with van der Waals surface area (Å²) in [6, 6.07) is 11.6. The molecule has 2 aromatic carbocycles. The van der Waals surface area contributed by atoms with Gasteiger partial charge in [-0.15, -0.1) is 0 Å². The minimum atomic E-state index is -4.57. The van der Waals surface area contributed by atoms with Gasteiger partial charge < -0.3 is 15.2 Å². The van der Waals surface area contributed by atoms with E-state index < -0.39 is 23.8 Å². The number of carbonyl (C=O) groups is 1. The van der Waals surface area contributed by atoms with Gasteiger partial charge >= 0.3 is 6.18 Å². The van der Waals surface area contributed by atoms with E-state index in [0.29, 0.717) is 17.3 Å². The van der Waals surface area contributed by atoms with Crippen molar-refractivity contribution in [1.82, 2.24) is 4.90 Å². The Bertz CT molecular complexity index is 818. The molecular formula is C20H22ClF3N2O3. The number of benzene rings is 2. The summed E-state index contributed by atoms with van der Waals surface area (Å²) in [6.07, 6.45) is -5.48. The molecule has 0 bridgehead atoms. The third-order valence-electron chi connectivity index (χ3n) is 4.06. The van der Waals surface area contributed by atoms with Gasteiger partial charge in [0.05, 0.1) is 22.8 Å². The summed E-state index contributed by atoms with van der Waals surface area (Å²) < 4.78 is 44.6. The van der Waals surface area contributed by atoms with E-state index in [-0.39, 0.29) is 25.4 Å². The van der Waals surface area contributed by atoms with Gasteiger partial charge in [-0.2, -0.15) is 13.2 Å². The summed E-state index contributed by atoms with van der Waals surface area (Å²) in [5, 5.41) is 12.9. The van der Waals surface area contributed by atoms with Crippen LogP contribution in [0.25, 0.3) is 0 Å². The lowest BCUT2D eigenvalue weighted by Gasteiger charge is -2.23. The minimum absolute atomic E-state index is 0.0429. The fourth-order valence-corrected chi connectivity index (χ4v) is 2.83. The Morgan fingerprint density at radius 2 is 1.86 bits per heavy atom. The first-order chi connectivity index (χ1) is 13.7. The van der Waals surface area contributed by atoms with Gasteiger partial charge in [-0.25, -0.2) is 0 Å². The number of para-hydroxylation sites is 2. The number of hydrogen-bond acceptors (Lipinski definition) is 4. The number of aliphatic hydroxyl groups is 1. The van der Waals surface area contributed by atoms with Crippen LogP contribution in [0.1, 0.15) is 12.5 Å². The van der Waals surface area contributed by atoms with E-state index in [0.717, 1.165) is 6.07 Å². The molecular weight excluding hydrogens is 409 g/mol. The highest BCUT2D eigenvalue weighted by Gasteiger charge is 2.33. The number of ether oxygens (including phenoxy) is 1. The molecule has 1 unspecified atom stereocenters. The lowest BCUT2D eigenvalue weighted by atomic mass is 10.1. The Morgan fingerprint density at radius 1 is 1.21 bits per heavy atom. The van der Waals surface area contributed by atoms with E-state index >= 15 is 0 Å². The van der Waals surface area contributed by atoms with E-state index in [1.165, 1.54) is 18.2 Å². The Hall–Kier alpha value is -2.29. The Balaban J connectivity index is 1.89. The van der Waals surface area contributed by atoms with Crippen molar-refractivity contribution in [2.75, 3.05) is 31.6 Å². The van der Waals surface area contributed by atoms with E-state index in [9.17, 15) is 23.1 Å². The number of nitrogens with one attached hydrogen (secondary N) is 1. The average molecular weight is 431 g/mol. The molecule has 1 amide bonds. The Kier molecular flexibility index (Phi) is 8.31. The van der Waals surface area contributed by atoms with E-state index in [1.807, 2.05) is 0 Å². The van der Waals surface area contributed by atoms with Crippen LogP contribution in [-0.2, 0) is 11.0 Å². The molecule has 158 valence electrons. The highest BCUT2D eigenvalue weighted by molar-refractivity contribution is 6.32. The molecule has 0 fully saturated rings. The van der Waals surface area contributed by atoms with Crippen molar-refractivity contribution in [3.8, 4) is 5.75 Å². The second-order valence-electron chi connectivity index (χ2n) is 6.31. The fraction of sp³-hybridized carbons (Fsp3) is 0.350. The first kappa shape index (κ1) is 23.0. The summed E-state index contributed by atoms with van der Waals surface area (Å²) in [5.74, 6) is -0.180. The molecule has 29 heavy (non-hydrogen) atoms. The topological polar surface area (TPSA) is 61.8 Å². The molecule has 0 aliphatic heterocycles. The van der Waals surface area contributed by atoms with Gasteiger partial charge in [0, 0.05) is 6.54 Å². The number of hydrogen-bond donors (Lipinski definition) is 2. The second kappa shape index (κ2) is 10.5. The number of carbonyl (C=O) groups excluding carboxylic acids is 1. The van der Waals surface area contributed by atoms with Crippen LogP contribution < -0.4 is 10.1 Å². The van der Waals surface area contributed by atoms with Crippen molar-refractivity contribution in [3.63, 3.8) is 0 Å². The molecule has 0 heterocycles. The lowest BCUT2D eigenvalue weighted by Crippen LogP contribution is -2.40. The van der Waals surface area contributed by atoms with Gasteiger partial charge in [-0.05, 0) is 30.8 Å². The molecule has 0 saturated carbocycles. The van der Waals surface area contributed by atoms with Gasteiger partial charge in [-0.1, -0.05) is 42.8 Å². The van der Waals surface area contributed by atoms with Crippen LogP contribution in [-0.4, -0.2) is 48.3 Å². The summed E-state index contributed by atoms with van der Waals surface area (Å²) in [7, 11) is 0. The predicted molar refractivity (Wildman–Crippen MR) is 105 cm³/mol. The lowest BCUT2D eigenvalue weighted by molar-refractivity contribution is -0.137. The third-order valence-corrected chi connectivity index (χ3v) is 4.37. The van der Waals surface area contributed by atoms with Crippen LogP contribution in [0.15, 0.2) is 48.5 Å². The highest BCUT2D eigenvalue weighted by Crippen LogP contribution is 2.34. The van der Waals surface area contributed by atoms with Gasteiger partial charge in [0.1, 0.15) is 18.5 Å². The SMILES string of the molecule is CCN(CC(=O)Nc1ccccc1C(F)(F)F)CC(O)COc1ccccc1Cl. The van der Waals surface area contributed by atoms with Crippen LogP contribution >= 0.6 is 11.6 Å². The van der Waals surface area contributed by atoms with Gasteiger partial charge in [0.2, 0.25) is 5.91 Å². The first-order valence-corrected chi connectivity index (χ1v) is 9.32. The predicted octanol–water partition coefficient (Wildman–Crippen LogP) is 4.06. The molecule has 0 spiro atoms. The third kappa shape index (κ3) is 7.23. The van der Waals surface area contributed by atoms with Crippen LogP contribution in [0.5, 0.6) is 5.75 Å². The zero-order valence-corrected chi connectivity index (χ0v) is 16.5. The normalized spacial score (nSPS) is 12.7. The summed E-state index contributed by atoms with van der Waals surface area (Å²) >= 11 is 5.98. The number of aliphatic hydroxyl groups excluding tert-OH is 1. The molecule has 2 aromatic rings. The molecule has 1 atom stereocenters. The maximum atomic E-state index is 13.0. The number of halogens is 4. The molecule has 0 radical (unpaired) electrons. The highest BCUT2D eigenvalue weighted by atomic mass is 35.5. The number of rotatable bonds is 9. The number of anilines is 1. The zero-order chi connectivity index (χ0) is 21.4. The Labute approximate surface area is 172 Å². The van der Waals surface area contributed by atoms with Gasteiger partial charge in [0.15, 0.2) is 0 Å². The summed E-state index contributed by atoms with van der Waals surface area (Å²) in [6.45, 7) is 2.08. The monoisotopic (exact) mass is 430 g/mol. The molecule has 2 rings (SSSR count). The standard InChI is InChI=1S/C20H22ClF3N2O3/c1-2-26(11-14(27)13-29-18-10-6-4-8-16(18)21)12-19(28)25-17-9-5-3-7-15(17)20(22,23)24/h3-10,14,27H,2,11-13H2,1H3,(H,25,28). The number of nitrogens with zero attached hydrogens (tertiary/aromatic N) is 1. The van der Waals surface area contributed by atoms with Crippen LogP contribution in [0.2, 0.25) is 5.02 Å². The Morgan fingerprint density at radius 3 is 2.52 bits per heavy atom. The molecule has 0 aliphatic carbocycles. The smallest absolute Gasteiger partial charge is 0.418 e. The van der Waals surface area contributed by atoms with Crippen LogP contribution in [0.3, 0.4) is 0 Å². The maximum absolute atomic E-state index is 13.0. The molecule has 5 nitrogen and oxygen atoms in total. The van der Waals surface area contributed by atoms with Gasteiger partial charge in [0.25, 0.3) is 0 Å².